The maximum atomic E-state index is 5.40. The number of ether oxygens (including phenoxy) is 1. The molecule has 4 heteroatoms. The topological polar surface area (TPSA) is 24.8 Å². The first kappa shape index (κ1) is 11.4. The van der Waals surface area contributed by atoms with Crippen molar-refractivity contribution in [2.24, 2.45) is 10.9 Å². The van der Waals surface area contributed by atoms with Gasteiger partial charge in [-0.05, 0) is 12.3 Å². The standard InChI is InChI=1S/C11H22N2OS/c1-10(2)9-11-12-3-8-15(11)13-4-6-14-7-5-13/h10,15H,3-9H2,1-2H3. The molecule has 0 radical (unpaired) electrons. The average molecular weight is 230 g/mol. The number of hydrogen-bond acceptors (Lipinski definition) is 3. The third-order valence-corrected chi connectivity index (χ3v) is 5.45. The van der Waals surface area contributed by atoms with Crippen molar-refractivity contribution in [2.45, 2.75) is 20.3 Å². The van der Waals surface area contributed by atoms with Gasteiger partial charge in [-0.2, -0.15) is 11.1 Å². The van der Waals surface area contributed by atoms with Gasteiger partial charge >= 0.3 is 0 Å². The van der Waals surface area contributed by atoms with E-state index in [2.05, 4.69) is 18.2 Å². The molecule has 0 saturated carbocycles. The van der Waals surface area contributed by atoms with Gasteiger partial charge in [-0.3, -0.25) is 9.30 Å². The quantitative estimate of drug-likeness (QED) is 0.746. The lowest BCUT2D eigenvalue weighted by atomic mass is 10.1. The highest BCUT2D eigenvalue weighted by molar-refractivity contribution is 8.28. The van der Waals surface area contributed by atoms with Gasteiger partial charge in [0.2, 0.25) is 0 Å². The van der Waals surface area contributed by atoms with E-state index in [4.69, 9.17) is 9.73 Å². The first-order chi connectivity index (χ1) is 7.27. The summed E-state index contributed by atoms with van der Waals surface area (Å²) in [5.41, 5.74) is 0. The van der Waals surface area contributed by atoms with Gasteiger partial charge in [-0.25, -0.2) is 0 Å². The number of hydrogen-bond donors (Lipinski definition) is 1. The molecule has 2 aliphatic rings. The first-order valence-corrected chi connectivity index (χ1v) is 7.39. The molecule has 88 valence electrons. The summed E-state index contributed by atoms with van der Waals surface area (Å²) in [5, 5.41) is 1.50. The number of nitrogens with zero attached hydrogens (tertiary/aromatic N) is 2. The van der Waals surface area contributed by atoms with E-state index in [-0.39, 0.29) is 11.1 Å². The molecular formula is C11H22N2OS. The molecule has 3 nitrogen and oxygen atoms in total. The minimum atomic E-state index is -0.0559. The van der Waals surface area contributed by atoms with Crippen molar-refractivity contribution in [1.29, 1.82) is 0 Å². The molecule has 2 aliphatic heterocycles. The van der Waals surface area contributed by atoms with Gasteiger partial charge in [0.1, 0.15) is 0 Å². The zero-order valence-corrected chi connectivity index (χ0v) is 10.7. The van der Waals surface area contributed by atoms with Crippen LogP contribution in [0.5, 0.6) is 0 Å². The molecule has 0 amide bonds. The smallest absolute Gasteiger partial charge is 0.0606 e. The number of morpholine rings is 1. The fourth-order valence-corrected chi connectivity index (χ4v) is 4.76. The Labute approximate surface area is 95.4 Å². The van der Waals surface area contributed by atoms with E-state index >= 15 is 0 Å². The zero-order chi connectivity index (χ0) is 10.7. The van der Waals surface area contributed by atoms with Crippen LogP contribution in [0.3, 0.4) is 0 Å². The van der Waals surface area contributed by atoms with Crippen molar-refractivity contribution >= 4 is 16.1 Å². The van der Waals surface area contributed by atoms with Crippen LogP contribution in [0.4, 0.5) is 0 Å². The normalized spacial score (nSPS) is 30.9. The van der Waals surface area contributed by atoms with Crippen LogP contribution >= 0.6 is 11.1 Å². The lowest BCUT2D eigenvalue weighted by molar-refractivity contribution is 0.0769. The highest BCUT2D eigenvalue weighted by Crippen LogP contribution is 2.38. The predicted octanol–water partition coefficient (Wildman–Crippen LogP) is 1.69. The van der Waals surface area contributed by atoms with Crippen molar-refractivity contribution in [3.05, 3.63) is 0 Å². The molecule has 2 rings (SSSR count). The van der Waals surface area contributed by atoms with Crippen LogP contribution in [0, 0.1) is 5.92 Å². The molecule has 2 heterocycles. The number of aliphatic imine (C=N–C) groups is 1. The van der Waals surface area contributed by atoms with Gasteiger partial charge in [0.15, 0.2) is 0 Å². The molecule has 1 fully saturated rings. The van der Waals surface area contributed by atoms with E-state index in [1.165, 1.54) is 17.2 Å². The molecule has 0 aromatic carbocycles. The fraction of sp³-hybridized carbons (Fsp3) is 0.909. The van der Waals surface area contributed by atoms with Gasteiger partial charge < -0.3 is 4.74 Å². The van der Waals surface area contributed by atoms with Crippen LogP contribution in [0.25, 0.3) is 0 Å². The number of rotatable bonds is 3. The Morgan fingerprint density at radius 2 is 2.13 bits per heavy atom. The Hall–Kier alpha value is -0.0600. The van der Waals surface area contributed by atoms with E-state index in [0.717, 1.165) is 38.8 Å². The second-order valence-corrected chi connectivity index (χ2v) is 6.91. The molecule has 1 unspecified atom stereocenters. The van der Waals surface area contributed by atoms with Gasteiger partial charge in [0.25, 0.3) is 0 Å². The highest BCUT2D eigenvalue weighted by Gasteiger charge is 2.25. The second kappa shape index (κ2) is 5.32. The summed E-state index contributed by atoms with van der Waals surface area (Å²) in [5.74, 6) is 2.03. The van der Waals surface area contributed by atoms with Crippen molar-refractivity contribution in [2.75, 3.05) is 38.6 Å². The predicted molar refractivity (Wildman–Crippen MR) is 68.0 cm³/mol. The third-order valence-electron chi connectivity index (χ3n) is 2.82. The van der Waals surface area contributed by atoms with Gasteiger partial charge in [0, 0.05) is 25.4 Å². The zero-order valence-electron chi connectivity index (χ0n) is 9.78. The molecule has 0 aromatic rings. The first-order valence-electron chi connectivity index (χ1n) is 5.91. The van der Waals surface area contributed by atoms with Gasteiger partial charge in [0.05, 0.1) is 18.3 Å². The second-order valence-electron chi connectivity index (χ2n) is 4.59. The SMILES string of the molecule is CC(C)CC1=NCC[SH]1N1CCOCC1. The monoisotopic (exact) mass is 230 g/mol. The van der Waals surface area contributed by atoms with Crippen LogP contribution in [0.15, 0.2) is 4.99 Å². The van der Waals surface area contributed by atoms with E-state index in [1.54, 1.807) is 0 Å². The molecule has 0 bridgehead atoms. The molecule has 0 aromatic heterocycles. The Balaban J connectivity index is 1.93. The number of thiol groups is 1. The van der Waals surface area contributed by atoms with E-state index in [9.17, 15) is 0 Å². The van der Waals surface area contributed by atoms with Gasteiger partial charge in [-0.15, -0.1) is 0 Å². The van der Waals surface area contributed by atoms with E-state index in [0.29, 0.717) is 0 Å². The molecule has 0 N–H and O–H groups in total. The van der Waals surface area contributed by atoms with Gasteiger partial charge in [-0.1, -0.05) is 13.8 Å². The minimum absolute atomic E-state index is 0.0559. The summed E-state index contributed by atoms with van der Waals surface area (Å²) < 4.78 is 8.02. The Bertz CT molecular complexity index is 237. The van der Waals surface area contributed by atoms with Crippen LogP contribution in [0.2, 0.25) is 0 Å². The Morgan fingerprint density at radius 3 is 2.80 bits per heavy atom. The third kappa shape index (κ3) is 2.95. The summed E-state index contributed by atoms with van der Waals surface area (Å²) in [6.45, 7) is 9.68. The fourth-order valence-electron chi connectivity index (χ4n) is 2.12. The molecule has 1 atom stereocenters. The summed E-state index contributed by atoms with van der Waals surface area (Å²) >= 11 is -0.0559. The summed E-state index contributed by atoms with van der Waals surface area (Å²) in [7, 11) is 0. The molecule has 0 spiro atoms. The van der Waals surface area contributed by atoms with Crippen LogP contribution in [0.1, 0.15) is 20.3 Å². The Morgan fingerprint density at radius 1 is 1.40 bits per heavy atom. The summed E-state index contributed by atoms with van der Waals surface area (Å²) in [4.78, 5) is 4.70. The lowest BCUT2D eigenvalue weighted by Gasteiger charge is -2.35. The van der Waals surface area contributed by atoms with Crippen molar-refractivity contribution < 1.29 is 4.74 Å². The highest BCUT2D eigenvalue weighted by atomic mass is 32.2. The molecule has 1 saturated heterocycles. The average Bonchev–Trinajstić information content (AvgIpc) is 2.66. The van der Waals surface area contributed by atoms with Crippen molar-refractivity contribution in [3.8, 4) is 0 Å². The Kier molecular flexibility index (Phi) is 4.05. The lowest BCUT2D eigenvalue weighted by Crippen LogP contribution is -2.35. The maximum Gasteiger partial charge on any atom is 0.0606 e. The largest absolute Gasteiger partial charge is 0.379 e. The van der Waals surface area contributed by atoms with E-state index in [1.807, 2.05) is 0 Å². The van der Waals surface area contributed by atoms with Crippen LogP contribution in [-0.4, -0.2) is 47.9 Å². The molecule has 15 heavy (non-hydrogen) atoms. The molecular weight excluding hydrogens is 208 g/mol. The summed E-state index contributed by atoms with van der Waals surface area (Å²) in [6, 6.07) is 0. The van der Waals surface area contributed by atoms with Crippen molar-refractivity contribution in [3.63, 3.8) is 0 Å². The maximum absolute atomic E-state index is 5.40. The van der Waals surface area contributed by atoms with Crippen molar-refractivity contribution in [1.82, 2.24) is 4.31 Å². The molecule has 0 aliphatic carbocycles. The van der Waals surface area contributed by atoms with E-state index < -0.39 is 0 Å². The summed E-state index contributed by atoms with van der Waals surface area (Å²) in [6.07, 6.45) is 1.20. The minimum Gasteiger partial charge on any atom is -0.379 e. The van der Waals surface area contributed by atoms with Crippen LogP contribution in [-0.2, 0) is 4.74 Å². The van der Waals surface area contributed by atoms with Crippen LogP contribution < -0.4 is 0 Å².